The minimum Gasteiger partial charge on any atom is -0.326 e. The van der Waals surface area contributed by atoms with Gasteiger partial charge >= 0.3 is 0 Å². The number of rotatable bonds is 8. The number of carbonyl (C=O) groups excluding carboxylic acids is 2. The minimum atomic E-state index is -3.60. The summed E-state index contributed by atoms with van der Waals surface area (Å²) in [4.78, 5) is 39.3. The maximum Gasteiger partial charge on any atom is 0.255 e. The van der Waals surface area contributed by atoms with Crippen LogP contribution in [-0.4, -0.2) is 48.5 Å². The van der Waals surface area contributed by atoms with Crippen molar-refractivity contribution in [3.05, 3.63) is 99.0 Å². The number of sulfonamides is 1. The van der Waals surface area contributed by atoms with Crippen LogP contribution in [0.2, 0.25) is 10.0 Å². The Balaban J connectivity index is 1.58. The van der Waals surface area contributed by atoms with Crippen LogP contribution < -0.4 is 10.2 Å². The van der Waals surface area contributed by atoms with Gasteiger partial charge in [0.1, 0.15) is 12.4 Å². The molecule has 2 aliphatic rings. The van der Waals surface area contributed by atoms with Crippen molar-refractivity contribution in [2.75, 3.05) is 6.26 Å². The zero-order chi connectivity index (χ0) is 30.0. The Hall–Kier alpha value is -3.09. The molecule has 1 saturated carbocycles. The first-order valence-electron chi connectivity index (χ1n) is 13.4. The molecule has 222 valence electrons. The number of amides is 2. The van der Waals surface area contributed by atoms with E-state index in [9.17, 15) is 22.4 Å². The molecule has 4 atom stereocenters. The number of pyridine rings is 1. The third-order valence-electron chi connectivity index (χ3n) is 7.57. The first kappa shape index (κ1) is 30.4. The van der Waals surface area contributed by atoms with E-state index in [1.807, 2.05) is 0 Å². The molecule has 13 heteroatoms. The highest BCUT2D eigenvalue weighted by Crippen LogP contribution is 2.47. The van der Waals surface area contributed by atoms with Crippen LogP contribution in [0.5, 0.6) is 0 Å². The topological polar surface area (TPSA) is 118 Å². The van der Waals surface area contributed by atoms with Crippen molar-refractivity contribution in [1.82, 2.24) is 20.1 Å². The minimum absolute atomic E-state index is 0.127. The van der Waals surface area contributed by atoms with Crippen LogP contribution in [0.4, 0.5) is 4.39 Å². The summed E-state index contributed by atoms with van der Waals surface area (Å²) >= 11 is 12.9. The van der Waals surface area contributed by atoms with Crippen molar-refractivity contribution in [1.29, 1.82) is 0 Å². The lowest BCUT2D eigenvalue weighted by Crippen LogP contribution is -2.59. The van der Waals surface area contributed by atoms with E-state index in [-0.39, 0.29) is 17.5 Å². The summed E-state index contributed by atoms with van der Waals surface area (Å²) in [5.74, 6) is -2.38. The molecule has 42 heavy (non-hydrogen) atoms. The van der Waals surface area contributed by atoms with E-state index in [1.165, 1.54) is 12.1 Å². The van der Waals surface area contributed by atoms with Gasteiger partial charge < -0.3 is 4.90 Å². The van der Waals surface area contributed by atoms with Gasteiger partial charge in [0.05, 0.1) is 30.1 Å². The molecule has 2 heterocycles. The Bertz CT molecular complexity index is 1590. The van der Waals surface area contributed by atoms with Crippen molar-refractivity contribution < 1.29 is 27.2 Å². The Morgan fingerprint density at radius 2 is 1.86 bits per heavy atom. The second-order valence-electron chi connectivity index (χ2n) is 10.5. The zero-order valence-electron chi connectivity index (χ0n) is 22.6. The van der Waals surface area contributed by atoms with Gasteiger partial charge in [-0.05, 0) is 54.3 Å². The van der Waals surface area contributed by atoms with Crippen LogP contribution in [0.1, 0.15) is 64.8 Å². The van der Waals surface area contributed by atoms with Gasteiger partial charge in [-0.25, -0.2) is 23.0 Å². The molecule has 0 unspecified atom stereocenters. The molecule has 2 aromatic carbocycles. The maximum absolute atomic E-state index is 14.3. The predicted molar refractivity (Wildman–Crippen MR) is 156 cm³/mol. The molecule has 2 amide bonds. The van der Waals surface area contributed by atoms with Crippen molar-refractivity contribution in [3.63, 3.8) is 0 Å². The summed E-state index contributed by atoms with van der Waals surface area (Å²) in [7, 11) is -3.60. The fraction of sp³-hybridized carbons (Fsp3) is 0.345. The lowest BCUT2D eigenvalue weighted by Gasteiger charge is -2.49. The third-order valence-corrected chi connectivity index (χ3v) is 8.87. The van der Waals surface area contributed by atoms with E-state index >= 15 is 0 Å². The van der Waals surface area contributed by atoms with Gasteiger partial charge in [-0.2, -0.15) is 0 Å². The summed E-state index contributed by atoms with van der Waals surface area (Å²) < 4.78 is 40.6. The third kappa shape index (κ3) is 6.60. The van der Waals surface area contributed by atoms with Crippen LogP contribution >= 0.6 is 23.2 Å². The number of aromatic nitrogens is 1. The van der Waals surface area contributed by atoms with E-state index in [0.29, 0.717) is 40.2 Å². The van der Waals surface area contributed by atoms with Crippen LogP contribution in [0, 0.1) is 5.82 Å². The Morgan fingerprint density at radius 3 is 2.57 bits per heavy atom. The molecule has 0 radical (unpaired) electrons. The SMILES string of the molecule is CS(=O)(=O)N[C@H]1CCCC[C@@H]1N1C(=O)c2ccccc2[C@@H](C(=O)NOCc2ccc(F)cn2)[C@@H]1c1ccc(Cl)cc1Cl. The van der Waals surface area contributed by atoms with Crippen molar-refractivity contribution in [2.24, 2.45) is 0 Å². The van der Waals surface area contributed by atoms with E-state index in [2.05, 4.69) is 15.2 Å². The monoisotopic (exact) mass is 634 g/mol. The smallest absolute Gasteiger partial charge is 0.255 e. The van der Waals surface area contributed by atoms with Gasteiger partial charge in [0, 0.05) is 27.7 Å². The highest BCUT2D eigenvalue weighted by atomic mass is 35.5. The highest BCUT2D eigenvalue weighted by Gasteiger charge is 2.49. The molecule has 0 saturated heterocycles. The number of hydroxylamine groups is 1. The number of nitrogens with zero attached hydrogens (tertiary/aromatic N) is 2. The number of carbonyl (C=O) groups is 2. The lowest BCUT2D eigenvalue weighted by atomic mass is 9.76. The fourth-order valence-electron chi connectivity index (χ4n) is 5.86. The quantitative estimate of drug-likeness (QED) is 0.340. The van der Waals surface area contributed by atoms with E-state index in [0.717, 1.165) is 25.3 Å². The van der Waals surface area contributed by atoms with Crippen molar-refractivity contribution in [2.45, 2.75) is 56.3 Å². The number of benzene rings is 2. The number of halogens is 3. The van der Waals surface area contributed by atoms with Gasteiger partial charge in [0.25, 0.3) is 11.8 Å². The molecule has 0 spiro atoms. The summed E-state index contributed by atoms with van der Waals surface area (Å²) in [6.45, 7) is -0.127. The van der Waals surface area contributed by atoms with Crippen LogP contribution in [0.15, 0.2) is 60.8 Å². The molecule has 2 N–H and O–H groups in total. The van der Waals surface area contributed by atoms with Gasteiger partial charge in [0.2, 0.25) is 10.0 Å². The predicted octanol–water partition coefficient (Wildman–Crippen LogP) is 4.92. The molecule has 1 fully saturated rings. The molecule has 1 aliphatic carbocycles. The average molecular weight is 636 g/mol. The molecular weight excluding hydrogens is 606 g/mol. The van der Waals surface area contributed by atoms with Crippen molar-refractivity contribution in [3.8, 4) is 0 Å². The molecule has 0 bridgehead atoms. The second kappa shape index (κ2) is 12.6. The standard InChI is InChI=1S/C29H29Cl2FN4O5S/c1-42(39,40)35-24-8-4-5-9-25(24)36-27(22-13-10-17(30)14-23(22)31)26(20-6-2-3-7-21(20)29(36)38)28(37)34-41-16-19-12-11-18(32)15-33-19/h2-3,6-7,10-15,24-27,35H,4-5,8-9,16H2,1H3,(H,34,37)/t24-,25-,26+,27-/m0/s1. The van der Waals surface area contributed by atoms with E-state index in [4.69, 9.17) is 28.0 Å². The number of fused-ring (bicyclic) bond motifs is 1. The van der Waals surface area contributed by atoms with Crippen LogP contribution in [-0.2, 0) is 26.3 Å². The van der Waals surface area contributed by atoms with Gasteiger partial charge in [-0.15, -0.1) is 0 Å². The highest BCUT2D eigenvalue weighted by molar-refractivity contribution is 7.88. The summed E-state index contributed by atoms with van der Waals surface area (Å²) in [5.41, 5.74) is 4.15. The van der Waals surface area contributed by atoms with Gasteiger partial charge in [-0.3, -0.25) is 19.4 Å². The number of hydrogen-bond acceptors (Lipinski definition) is 6. The molecule has 3 aromatic rings. The number of nitrogens with one attached hydrogen (secondary N) is 2. The fourth-order valence-corrected chi connectivity index (χ4v) is 7.21. The van der Waals surface area contributed by atoms with Crippen molar-refractivity contribution >= 4 is 45.0 Å². The largest absolute Gasteiger partial charge is 0.326 e. The summed E-state index contributed by atoms with van der Waals surface area (Å²) in [6.07, 6.45) is 4.72. The summed E-state index contributed by atoms with van der Waals surface area (Å²) in [6, 6.07) is 12.3. The van der Waals surface area contributed by atoms with Crippen LogP contribution in [0.25, 0.3) is 0 Å². The Labute approximate surface area is 253 Å². The molecule has 5 rings (SSSR count). The first-order valence-corrected chi connectivity index (χ1v) is 16.0. The Kier molecular flexibility index (Phi) is 9.14. The maximum atomic E-state index is 14.3. The zero-order valence-corrected chi connectivity index (χ0v) is 24.9. The molecular formula is C29H29Cl2FN4O5S. The molecule has 1 aromatic heterocycles. The molecule has 1 aliphatic heterocycles. The normalized spacial score (nSPS) is 22.5. The lowest BCUT2D eigenvalue weighted by molar-refractivity contribution is -0.138. The van der Waals surface area contributed by atoms with Gasteiger partial charge in [0.15, 0.2) is 0 Å². The van der Waals surface area contributed by atoms with E-state index < -0.39 is 45.8 Å². The summed E-state index contributed by atoms with van der Waals surface area (Å²) in [5, 5.41) is 0.630. The average Bonchev–Trinajstić information content (AvgIpc) is 2.94. The Morgan fingerprint density at radius 1 is 1.10 bits per heavy atom. The van der Waals surface area contributed by atoms with Crippen LogP contribution in [0.3, 0.4) is 0 Å². The second-order valence-corrected chi connectivity index (χ2v) is 13.1. The molecule has 9 nitrogen and oxygen atoms in total. The van der Waals surface area contributed by atoms with E-state index in [1.54, 1.807) is 47.4 Å². The van der Waals surface area contributed by atoms with Gasteiger partial charge in [-0.1, -0.05) is 60.3 Å². The number of hydrogen-bond donors (Lipinski definition) is 2. The first-order chi connectivity index (χ1) is 20.0.